The van der Waals surface area contributed by atoms with Crippen LogP contribution >= 0.6 is 0 Å². The Hall–Kier alpha value is -1.59. The summed E-state index contributed by atoms with van der Waals surface area (Å²) < 4.78 is 0. The van der Waals surface area contributed by atoms with E-state index in [1.54, 1.807) is 0 Å². The van der Waals surface area contributed by atoms with Crippen LogP contribution in [0.25, 0.3) is 0 Å². The molecule has 0 bridgehead atoms. The van der Waals surface area contributed by atoms with Crippen LogP contribution in [0.2, 0.25) is 0 Å². The number of aliphatic imine (C=N–C) groups is 1. The molecule has 1 aromatic carbocycles. The number of rotatable bonds is 5. The quantitative estimate of drug-likeness (QED) is 0.549. The van der Waals surface area contributed by atoms with Gasteiger partial charge in [-0.15, -0.1) is 0 Å². The van der Waals surface area contributed by atoms with Crippen molar-refractivity contribution in [2.45, 2.75) is 70.7 Å². The van der Waals surface area contributed by atoms with Gasteiger partial charge in [0.1, 0.15) is 0 Å². The molecule has 0 amide bonds. The van der Waals surface area contributed by atoms with Crippen LogP contribution in [0, 0.1) is 5.92 Å². The molecule has 3 rings (SSSR count). The van der Waals surface area contributed by atoms with Crippen LogP contribution in [-0.2, 0) is 13.1 Å². The second kappa shape index (κ2) is 10.1. The zero-order valence-corrected chi connectivity index (χ0v) is 17.0. The fraction of sp³-hybridized carbons (Fsp3) is 0.682. The summed E-state index contributed by atoms with van der Waals surface area (Å²) in [4.78, 5) is 6.81. The third-order valence-corrected chi connectivity index (χ3v) is 6.03. The van der Waals surface area contributed by atoms with Crippen molar-refractivity contribution in [3.8, 4) is 0 Å². The molecular formula is C22H36N4O. The summed E-state index contributed by atoms with van der Waals surface area (Å²) >= 11 is 0. The Morgan fingerprint density at radius 2 is 1.67 bits per heavy atom. The van der Waals surface area contributed by atoms with Gasteiger partial charge in [0.2, 0.25) is 0 Å². The van der Waals surface area contributed by atoms with E-state index in [0.29, 0.717) is 6.04 Å². The highest BCUT2D eigenvalue weighted by Gasteiger charge is 2.19. The molecule has 0 atom stereocenters. The van der Waals surface area contributed by atoms with Gasteiger partial charge in [0, 0.05) is 39.3 Å². The Kier molecular flexibility index (Phi) is 7.53. The molecule has 1 aliphatic carbocycles. The predicted octanol–water partition coefficient (Wildman–Crippen LogP) is 2.89. The lowest BCUT2D eigenvalue weighted by molar-refractivity contribution is 0.0792. The van der Waals surface area contributed by atoms with E-state index in [1.807, 2.05) is 7.05 Å². The molecule has 0 aromatic heterocycles. The minimum absolute atomic E-state index is 0.102. The highest BCUT2D eigenvalue weighted by molar-refractivity contribution is 5.79. The molecule has 150 valence electrons. The molecule has 2 aliphatic rings. The van der Waals surface area contributed by atoms with Gasteiger partial charge in [-0.25, -0.2) is 0 Å². The summed E-state index contributed by atoms with van der Waals surface area (Å²) in [5.41, 5.74) is 2.61. The van der Waals surface area contributed by atoms with Crippen molar-refractivity contribution in [1.82, 2.24) is 15.5 Å². The third kappa shape index (κ3) is 6.51. The van der Waals surface area contributed by atoms with E-state index >= 15 is 0 Å². The lowest BCUT2D eigenvalue weighted by atomic mass is 9.87. The smallest absolute Gasteiger partial charge is 0.191 e. The van der Waals surface area contributed by atoms with Gasteiger partial charge in [0.25, 0.3) is 0 Å². The summed E-state index contributed by atoms with van der Waals surface area (Å²) in [5, 5.41) is 16.6. The van der Waals surface area contributed by atoms with Crippen LogP contribution in [0.5, 0.6) is 0 Å². The van der Waals surface area contributed by atoms with Gasteiger partial charge in [-0.05, 0) is 55.6 Å². The van der Waals surface area contributed by atoms with Crippen LogP contribution in [0.3, 0.4) is 0 Å². The van der Waals surface area contributed by atoms with E-state index < -0.39 is 0 Å². The largest absolute Gasteiger partial charge is 0.393 e. The van der Waals surface area contributed by atoms with E-state index in [9.17, 15) is 5.11 Å². The van der Waals surface area contributed by atoms with Gasteiger partial charge < -0.3 is 15.7 Å². The van der Waals surface area contributed by atoms with E-state index in [-0.39, 0.29) is 6.10 Å². The second-order valence-corrected chi connectivity index (χ2v) is 8.35. The maximum Gasteiger partial charge on any atom is 0.191 e. The number of hydrogen-bond donors (Lipinski definition) is 3. The molecule has 27 heavy (non-hydrogen) atoms. The van der Waals surface area contributed by atoms with E-state index in [0.717, 1.165) is 50.9 Å². The first-order valence-corrected chi connectivity index (χ1v) is 10.6. The maximum absolute atomic E-state index is 9.62. The minimum Gasteiger partial charge on any atom is -0.393 e. The number of benzene rings is 1. The molecule has 1 saturated carbocycles. The highest BCUT2D eigenvalue weighted by atomic mass is 16.3. The zero-order chi connectivity index (χ0) is 19.1. The number of nitrogens with zero attached hydrogens (tertiary/aromatic N) is 2. The Balaban J connectivity index is 1.42. The second-order valence-electron chi connectivity index (χ2n) is 8.35. The van der Waals surface area contributed by atoms with Crippen LogP contribution < -0.4 is 10.6 Å². The van der Waals surface area contributed by atoms with Crippen molar-refractivity contribution in [2.24, 2.45) is 10.9 Å². The van der Waals surface area contributed by atoms with E-state index in [1.165, 1.54) is 36.8 Å². The fourth-order valence-electron chi connectivity index (χ4n) is 4.08. The molecule has 1 saturated heterocycles. The normalized spacial score (nSPS) is 25.4. The molecule has 0 spiro atoms. The Labute approximate surface area is 164 Å². The molecule has 1 heterocycles. The third-order valence-electron chi connectivity index (χ3n) is 6.03. The van der Waals surface area contributed by atoms with Gasteiger partial charge in [-0.3, -0.25) is 9.89 Å². The first-order valence-electron chi connectivity index (χ1n) is 10.6. The number of guanidine groups is 1. The van der Waals surface area contributed by atoms with Crippen molar-refractivity contribution in [3.63, 3.8) is 0 Å². The fourth-order valence-corrected chi connectivity index (χ4v) is 4.08. The number of piperidine rings is 1. The minimum atomic E-state index is -0.102. The number of aliphatic hydroxyl groups excluding tert-OH is 1. The van der Waals surface area contributed by atoms with Crippen LogP contribution in [0.1, 0.15) is 56.6 Å². The van der Waals surface area contributed by atoms with Crippen molar-refractivity contribution in [3.05, 3.63) is 35.4 Å². The van der Waals surface area contributed by atoms with Crippen LogP contribution in [0.15, 0.2) is 29.3 Å². The summed E-state index contributed by atoms with van der Waals surface area (Å²) in [6.07, 6.45) is 6.80. The van der Waals surface area contributed by atoms with Crippen LogP contribution in [-0.4, -0.2) is 48.2 Å². The molecule has 5 heteroatoms. The Morgan fingerprint density at radius 1 is 1.04 bits per heavy atom. The maximum atomic E-state index is 9.62. The van der Waals surface area contributed by atoms with Crippen molar-refractivity contribution in [2.75, 3.05) is 20.1 Å². The molecular weight excluding hydrogens is 336 g/mol. The predicted molar refractivity (Wildman–Crippen MR) is 112 cm³/mol. The lowest BCUT2D eigenvalue weighted by Crippen LogP contribution is -2.44. The summed E-state index contributed by atoms with van der Waals surface area (Å²) in [5.74, 6) is 1.78. The van der Waals surface area contributed by atoms with Gasteiger partial charge in [0.15, 0.2) is 5.96 Å². The van der Waals surface area contributed by atoms with Crippen LogP contribution in [0.4, 0.5) is 0 Å². The Bertz CT molecular complexity index is 585. The summed E-state index contributed by atoms with van der Waals surface area (Å²) in [7, 11) is 1.85. The van der Waals surface area contributed by atoms with Crippen molar-refractivity contribution < 1.29 is 5.11 Å². The lowest BCUT2D eigenvalue weighted by Gasteiger charge is -2.29. The average molecular weight is 373 g/mol. The first kappa shape index (κ1) is 20.2. The number of likely N-dealkylation sites (tertiary alicyclic amines) is 1. The average Bonchev–Trinajstić information content (AvgIpc) is 2.69. The zero-order valence-electron chi connectivity index (χ0n) is 17.0. The molecule has 0 radical (unpaired) electrons. The van der Waals surface area contributed by atoms with Crippen molar-refractivity contribution >= 4 is 5.96 Å². The molecule has 1 aromatic rings. The first-order chi connectivity index (χ1) is 13.1. The van der Waals surface area contributed by atoms with Gasteiger partial charge in [-0.2, -0.15) is 0 Å². The number of hydrogen-bond acceptors (Lipinski definition) is 3. The topological polar surface area (TPSA) is 59.9 Å². The molecule has 5 nitrogen and oxygen atoms in total. The molecule has 2 fully saturated rings. The van der Waals surface area contributed by atoms with Gasteiger partial charge in [0.05, 0.1) is 6.10 Å². The van der Waals surface area contributed by atoms with Gasteiger partial charge in [-0.1, -0.05) is 31.2 Å². The van der Waals surface area contributed by atoms with Gasteiger partial charge >= 0.3 is 0 Å². The Morgan fingerprint density at radius 3 is 2.30 bits per heavy atom. The molecule has 1 aliphatic heterocycles. The number of nitrogens with one attached hydrogen (secondary N) is 2. The molecule has 0 unspecified atom stereocenters. The van der Waals surface area contributed by atoms with Crippen molar-refractivity contribution in [1.29, 1.82) is 0 Å². The highest BCUT2D eigenvalue weighted by Crippen LogP contribution is 2.23. The SMILES string of the molecule is CN=C(NCc1ccc(CN2CCC(O)CC2)cc1)NC1CCC(C)CC1. The summed E-state index contributed by atoms with van der Waals surface area (Å²) in [6, 6.07) is 9.41. The van der Waals surface area contributed by atoms with E-state index in [4.69, 9.17) is 0 Å². The standard InChI is InChI=1S/C22H36N4O/c1-17-3-9-20(10-4-17)25-22(23-2)24-15-18-5-7-19(8-6-18)16-26-13-11-21(27)12-14-26/h5-8,17,20-21,27H,3-4,9-16H2,1-2H3,(H2,23,24,25). The summed E-state index contributed by atoms with van der Waals surface area (Å²) in [6.45, 7) is 6.10. The van der Waals surface area contributed by atoms with E-state index in [2.05, 4.69) is 51.7 Å². The molecule has 3 N–H and O–H groups in total. The number of aliphatic hydroxyl groups is 1. The monoisotopic (exact) mass is 372 g/mol.